The molecule has 2 aromatic carbocycles. The van der Waals surface area contributed by atoms with Crippen LogP contribution in [0.1, 0.15) is 27.2 Å². The van der Waals surface area contributed by atoms with Crippen molar-refractivity contribution in [2.45, 2.75) is 13.5 Å². The summed E-state index contributed by atoms with van der Waals surface area (Å²) in [5.41, 5.74) is 9.92. The van der Waals surface area contributed by atoms with Gasteiger partial charge in [0, 0.05) is 28.7 Å². The first-order valence-corrected chi connectivity index (χ1v) is 6.61. The minimum absolute atomic E-state index is 0.0373. The normalized spacial score (nSPS) is 10.9. The minimum Gasteiger partial charge on any atom is -0.358 e. The van der Waals surface area contributed by atoms with Crippen LogP contribution < -0.4 is 5.73 Å². The molecule has 3 nitrogen and oxygen atoms in total. The van der Waals surface area contributed by atoms with E-state index in [0.717, 1.165) is 27.7 Å². The van der Waals surface area contributed by atoms with Gasteiger partial charge in [-0.05, 0) is 24.6 Å². The highest BCUT2D eigenvalue weighted by Gasteiger charge is 2.17. The molecule has 1 heterocycles. The van der Waals surface area contributed by atoms with E-state index in [-0.39, 0.29) is 5.78 Å². The second-order valence-electron chi connectivity index (χ2n) is 4.90. The van der Waals surface area contributed by atoms with Crippen molar-refractivity contribution in [1.82, 2.24) is 4.98 Å². The first-order chi connectivity index (χ1) is 9.70. The van der Waals surface area contributed by atoms with Gasteiger partial charge in [0.15, 0.2) is 5.78 Å². The highest BCUT2D eigenvalue weighted by Crippen LogP contribution is 2.24. The van der Waals surface area contributed by atoms with E-state index in [1.54, 1.807) is 0 Å². The number of fused-ring (bicyclic) bond motifs is 1. The number of hydrogen-bond acceptors (Lipinski definition) is 2. The molecule has 100 valence electrons. The van der Waals surface area contributed by atoms with E-state index in [1.807, 2.05) is 55.5 Å². The van der Waals surface area contributed by atoms with E-state index < -0.39 is 0 Å². The Morgan fingerprint density at radius 1 is 1.15 bits per heavy atom. The molecule has 0 unspecified atom stereocenters. The molecule has 0 aliphatic heterocycles. The summed E-state index contributed by atoms with van der Waals surface area (Å²) in [7, 11) is 0. The molecule has 0 aliphatic rings. The number of H-pyrrole nitrogens is 1. The summed E-state index contributed by atoms with van der Waals surface area (Å²) < 4.78 is 0. The topological polar surface area (TPSA) is 58.9 Å². The van der Waals surface area contributed by atoms with Crippen molar-refractivity contribution in [1.29, 1.82) is 0 Å². The second-order valence-corrected chi connectivity index (χ2v) is 4.90. The average Bonchev–Trinajstić information content (AvgIpc) is 2.82. The van der Waals surface area contributed by atoms with Gasteiger partial charge in [0.1, 0.15) is 0 Å². The van der Waals surface area contributed by atoms with Gasteiger partial charge >= 0.3 is 0 Å². The van der Waals surface area contributed by atoms with Gasteiger partial charge in [-0.2, -0.15) is 0 Å². The van der Waals surface area contributed by atoms with Gasteiger partial charge < -0.3 is 10.7 Å². The summed E-state index contributed by atoms with van der Waals surface area (Å²) in [5, 5.41) is 0.966. The van der Waals surface area contributed by atoms with E-state index in [1.165, 1.54) is 0 Å². The lowest BCUT2D eigenvalue weighted by Gasteiger charge is -2.04. The molecule has 0 bridgehead atoms. The molecule has 0 spiro atoms. The maximum Gasteiger partial charge on any atom is 0.195 e. The number of rotatable bonds is 3. The number of aromatic nitrogens is 1. The monoisotopic (exact) mass is 264 g/mol. The maximum absolute atomic E-state index is 12.7. The second kappa shape index (κ2) is 4.94. The van der Waals surface area contributed by atoms with Crippen LogP contribution in [0.15, 0.2) is 48.5 Å². The lowest BCUT2D eigenvalue weighted by molar-refractivity contribution is 0.103. The van der Waals surface area contributed by atoms with Gasteiger partial charge in [-0.1, -0.05) is 36.4 Å². The third-order valence-electron chi connectivity index (χ3n) is 3.55. The third kappa shape index (κ3) is 2.02. The van der Waals surface area contributed by atoms with Crippen molar-refractivity contribution in [2.24, 2.45) is 5.73 Å². The summed E-state index contributed by atoms with van der Waals surface area (Å²) in [4.78, 5) is 16.0. The number of carbonyl (C=O) groups excluding carboxylic acids is 1. The van der Waals surface area contributed by atoms with Crippen LogP contribution >= 0.6 is 0 Å². The van der Waals surface area contributed by atoms with Crippen LogP contribution in [0.3, 0.4) is 0 Å². The van der Waals surface area contributed by atoms with Crippen LogP contribution in [0, 0.1) is 6.92 Å². The zero-order chi connectivity index (χ0) is 14.1. The number of nitrogens with two attached hydrogens (primary N) is 1. The Balaban J connectivity index is 2.14. The zero-order valence-corrected chi connectivity index (χ0v) is 11.3. The molecule has 20 heavy (non-hydrogen) atoms. The number of para-hydroxylation sites is 1. The van der Waals surface area contributed by atoms with Gasteiger partial charge in [0.25, 0.3) is 0 Å². The van der Waals surface area contributed by atoms with Crippen molar-refractivity contribution in [3.05, 3.63) is 70.9 Å². The maximum atomic E-state index is 12.7. The van der Waals surface area contributed by atoms with Gasteiger partial charge in [0.2, 0.25) is 0 Å². The van der Waals surface area contributed by atoms with Crippen molar-refractivity contribution < 1.29 is 4.79 Å². The average molecular weight is 264 g/mol. The van der Waals surface area contributed by atoms with E-state index in [9.17, 15) is 4.79 Å². The molecule has 3 heteroatoms. The van der Waals surface area contributed by atoms with Crippen LogP contribution in [-0.4, -0.2) is 10.8 Å². The molecule has 0 aliphatic carbocycles. The molecule has 0 fully saturated rings. The number of ketones is 1. The largest absolute Gasteiger partial charge is 0.358 e. The highest BCUT2D eigenvalue weighted by atomic mass is 16.1. The Bertz CT molecular complexity index is 787. The number of hydrogen-bond donors (Lipinski definition) is 2. The van der Waals surface area contributed by atoms with Gasteiger partial charge in [-0.3, -0.25) is 4.79 Å². The number of aromatic amines is 1. The summed E-state index contributed by atoms with van der Waals surface area (Å²) in [6, 6.07) is 15.4. The van der Waals surface area contributed by atoms with Crippen LogP contribution in [0.25, 0.3) is 10.9 Å². The zero-order valence-electron chi connectivity index (χ0n) is 11.3. The van der Waals surface area contributed by atoms with Crippen molar-refractivity contribution in [3.63, 3.8) is 0 Å². The summed E-state index contributed by atoms with van der Waals surface area (Å²) in [5.74, 6) is 0.0373. The molecule has 3 aromatic rings. The molecule has 0 amide bonds. The van der Waals surface area contributed by atoms with Crippen molar-refractivity contribution in [3.8, 4) is 0 Å². The number of nitrogens with one attached hydrogen (secondary N) is 1. The number of carbonyl (C=O) groups is 1. The molecule has 0 saturated carbocycles. The Kier molecular flexibility index (Phi) is 3.12. The summed E-state index contributed by atoms with van der Waals surface area (Å²) in [6.07, 6.45) is 0. The van der Waals surface area contributed by atoms with E-state index in [0.29, 0.717) is 12.1 Å². The Labute approximate surface area is 117 Å². The molecule has 1 aromatic heterocycles. The predicted octanol–water partition coefficient (Wildman–Crippen LogP) is 3.17. The SMILES string of the molecule is Cc1[nH]c2ccccc2c1C(=O)c1cccc(CN)c1. The first-order valence-electron chi connectivity index (χ1n) is 6.61. The van der Waals surface area contributed by atoms with Crippen LogP contribution in [-0.2, 0) is 6.54 Å². The van der Waals surface area contributed by atoms with E-state index in [4.69, 9.17) is 5.73 Å². The molecule has 0 saturated heterocycles. The predicted molar refractivity (Wildman–Crippen MR) is 80.8 cm³/mol. The van der Waals surface area contributed by atoms with Gasteiger partial charge in [0.05, 0.1) is 5.56 Å². The van der Waals surface area contributed by atoms with Gasteiger partial charge in [-0.25, -0.2) is 0 Å². The smallest absolute Gasteiger partial charge is 0.195 e. The van der Waals surface area contributed by atoms with Crippen molar-refractivity contribution in [2.75, 3.05) is 0 Å². The third-order valence-corrected chi connectivity index (χ3v) is 3.55. The first kappa shape index (κ1) is 12.6. The molecule has 3 N–H and O–H groups in total. The van der Waals surface area contributed by atoms with Crippen LogP contribution in [0.4, 0.5) is 0 Å². The molecule has 0 radical (unpaired) electrons. The van der Waals surface area contributed by atoms with Crippen molar-refractivity contribution >= 4 is 16.7 Å². The fourth-order valence-electron chi connectivity index (χ4n) is 2.55. The van der Waals surface area contributed by atoms with E-state index >= 15 is 0 Å². The van der Waals surface area contributed by atoms with Crippen LogP contribution in [0.2, 0.25) is 0 Å². The Morgan fingerprint density at radius 3 is 2.75 bits per heavy atom. The van der Waals surface area contributed by atoms with Crippen LogP contribution in [0.5, 0.6) is 0 Å². The minimum atomic E-state index is 0.0373. The lowest BCUT2D eigenvalue weighted by atomic mass is 9.99. The summed E-state index contributed by atoms with van der Waals surface area (Å²) >= 11 is 0. The quantitative estimate of drug-likeness (QED) is 0.714. The number of benzene rings is 2. The van der Waals surface area contributed by atoms with Gasteiger partial charge in [-0.15, -0.1) is 0 Å². The highest BCUT2D eigenvalue weighted by molar-refractivity contribution is 6.17. The number of aryl methyl sites for hydroxylation is 1. The lowest BCUT2D eigenvalue weighted by Crippen LogP contribution is -2.04. The summed E-state index contributed by atoms with van der Waals surface area (Å²) in [6.45, 7) is 2.37. The Morgan fingerprint density at radius 2 is 1.95 bits per heavy atom. The molecular weight excluding hydrogens is 248 g/mol. The van der Waals surface area contributed by atoms with E-state index in [2.05, 4.69) is 4.98 Å². The molecule has 0 atom stereocenters. The standard InChI is InChI=1S/C17H16N2O/c1-11-16(14-7-2-3-8-15(14)19-11)17(20)13-6-4-5-12(9-13)10-18/h2-9,19H,10,18H2,1H3. The fraction of sp³-hybridized carbons (Fsp3) is 0.118. The molecular formula is C17H16N2O. The Hall–Kier alpha value is -2.39. The molecule has 3 rings (SSSR count). The fourth-order valence-corrected chi connectivity index (χ4v) is 2.55.